The van der Waals surface area contributed by atoms with Crippen LogP contribution in [0.5, 0.6) is 0 Å². The number of amides is 1. The van der Waals surface area contributed by atoms with E-state index in [4.69, 9.17) is 9.47 Å². The van der Waals surface area contributed by atoms with E-state index in [2.05, 4.69) is 0 Å². The number of carbonyl (C=O) groups excluding carboxylic acids is 2. The molecular formula is C13H23NO4. The first-order valence-corrected chi connectivity index (χ1v) is 6.35. The summed E-state index contributed by atoms with van der Waals surface area (Å²) >= 11 is 0. The Bertz CT molecular complexity index is 319. The molecule has 0 bridgehead atoms. The Labute approximate surface area is 108 Å². The first kappa shape index (κ1) is 15.0. The van der Waals surface area contributed by atoms with Crippen molar-refractivity contribution in [3.63, 3.8) is 0 Å². The van der Waals surface area contributed by atoms with Crippen molar-refractivity contribution in [3.8, 4) is 0 Å². The first-order chi connectivity index (χ1) is 8.19. The number of piperidine rings is 1. The van der Waals surface area contributed by atoms with E-state index in [1.807, 2.05) is 34.6 Å². The van der Waals surface area contributed by atoms with E-state index >= 15 is 0 Å². The minimum absolute atomic E-state index is 0.0301. The van der Waals surface area contributed by atoms with Gasteiger partial charge in [-0.2, -0.15) is 0 Å². The van der Waals surface area contributed by atoms with Crippen molar-refractivity contribution in [2.45, 2.75) is 58.8 Å². The molecule has 1 atom stereocenters. The number of carbonyl (C=O) groups is 2. The lowest BCUT2D eigenvalue weighted by Crippen LogP contribution is -2.50. The molecule has 1 rings (SSSR count). The Hall–Kier alpha value is -1.10. The number of ketones is 1. The van der Waals surface area contributed by atoms with Crippen LogP contribution in [-0.2, 0) is 14.3 Å². The number of ether oxygens (including phenoxy) is 2. The summed E-state index contributed by atoms with van der Waals surface area (Å²) in [5.74, 6) is 0.0588. The highest BCUT2D eigenvalue weighted by Gasteiger charge is 2.33. The fourth-order valence-corrected chi connectivity index (χ4v) is 1.74. The van der Waals surface area contributed by atoms with Crippen LogP contribution in [0, 0.1) is 0 Å². The van der Waals surface area contributed by atoms with Gasteiger partial charge in [0.05, 0.1) is 12.6 Å². The van der Waals surface area contributed by atoms with E-state index in [1.165, 1.54) is 0 Å². The molecule has 18 heavy (non-hydrogen) atoms. The summed E-state index contributed by atoms with van der Waals surface area (Å²) in [7, 11) is 0. The Balaban J connectivity index is 2.58. The Morgan fingerprint density at radius 2 is 2.00 bits per heavy atom. The number of Topliss-reactive ketones (excluding diaryl/α,β-unsaturated/α-hetero) is 1. The molecule has 1 aliphatic rings. The van der Waals surface area contributed by atoms with E-state index in [9.17, 15) is 9.59 Å². The molecule has 1 saturated heterocycles. The summed E-state index contributed by atoms with van der Waals surface area (Å²) in [5, 5.41) is 0. The van der Waals surface area contributed by atoms with Crippen LogP contribution in [0.25, 0.3) is 0 Å². The SMILES string of the molecule is CC(C)OC1CN(C(=O)OC(C)(C)C)CCC1=O. The third-order valence-electron chi connectivity index (χ3n) is 2.46. The third-order valence-corrected chi connectivity index (χ3v) is 2.46. The van der Waals surface area contributed by atoms with Crippen LogP contribution >= 0.6 is 0 Å². The molecule has 0 radical (unpaired) electrons. The van der Waals surface area contributed by atoms with Gasteiger partial charge in [0.15, 0.2) is 5.78 Å². The fraction of sp³-hybridized carbons (Fsp3) is 0.846. The standard InChI is InChI=1S/C13H23NO4/c1-9(2)17-11-8-14(7-6-10(11)15)12(16)18-13(3,4)5/h9,11H,6-8H2,1-5H3. The summed E-state index contributed by atoms with van der Waals surface area (Å²) in [6, 6.07) is 0. The second kappa shape index (κ2) is 5.69. The Morgan fingerprint density at radius 1 is 1.39 bits per heavy atom. The Kier molecular flexibility index (Phi) is 4.73. The molecule has 1 aliphatic heterocycles. The van der Waals surface area contributed by atoms with E-state index < -0.39 is 11.7 Å². The van der Waals surface area contributed by atoms with Crippen LogP contribution in [0.2, 0.25) is 0 Å². The summed E-state index contributed by atoms with van der Waals surface area (Å²) in [6.07, 6.45) is -0.604. The van der Waals surface area contributed by atoms with Gasteiger partial charge in [0, 0.05) is 13.0 Å². The predicted molar refractivity (Wildman–Crippen MR) is 67.4 cm³/mol. The van der Waals surface area contributed by atoms with Gasteiger partial charge in [-0.25, -0.2) is 4.79 Å². The summed E-state index contributed by atoms with van der Waals surface area (Å²) in [6.45, 7) is 9.91. The molecule has 0 aromatic carbocycles. The second-order valence-corrected chi connectivity index (χ2v) is 5.82. The summed E-state index contributed by atoms with van der Waals surface area (Å²) in [4.78, 5) is 25.1. The highest BCUT2D eigenvalue weighted by Crippen LogP contribution is 2.16. The number of rotatable bonds is 2. The third kappa shape index (κ3) is 4.64. The molecule has 1 heterocycles. The van der Waals surface area contributed by atoms with Crippen molar-refractivity contribution in [1.82, 2.24) is 4.90 Å². The maximum absolute atomic E-state index is 11.9. The number of hydrogen-bond donors (Lipinski definition) is 0. The van der Waals surface area contributed by atoms with Crippen LogP contribution in [0.15, 0.2) is 0 Å². The van der Waals surface area contributed by atoms with Gasteiger partial charge in [-0.3, -0.25) is 4.79 Å². The van der Waals surface area contributed by atoms with E-state index in [-0.39, 0.29) is 24.5 Å². The molecule has 104 valence electrons. The van der Waals surface area contributed by atoms with Crippen molar-refractivity contribution >= 4 is 11.9 Å². The van der Waals surface area contributed by atoms with Crippen LogP contribution in [-0.4, -0.2) is 47.7 Å². The topological polar surface area (TPSA) is 55.8 Å². The van der Waals surface area contributed by atoms with Crippen molar-refractivity contribution in [2.75, 3.05) is 13.1 Å². The van der Waals surface area contributed by atoms with Crippen molar-refractivity contribution in [3.05, 3.63) is 0 Å². The monoisotopic (exact) mass is 257 g/mol. The predicted octanol–water partition coefficient (Wildman–Crippen LogP) is 1.99. The maximum Gasteiger partial charge on any atom is 0.410 e. The van der Waals surface area contributed by atoms with Crippen molar-refractivity contribution < 1.29 is 19.1 Å². The van der Waals surface area contributed by atoms with Gasteiger partial charge >= 0.3 is 6.09 Å². The number of nitrogens with zero attached hydrogens (tertiary/aromatic N) is 1. The largest absolute Gasteiger partial charge is 0.444 e. The number of hydrogen-bond acceptors (Lipinski definition) is 4. The lowest BCUT2D eigenvalue weighted by Gasteiger charge is -2.33. The molecule has 5 nitrogen and oxygen atoms in total. The molecule has 0 aliphatic carbocycles. The van der Waals surface area contributed by atoms with E-state index in [1.54, 1.807) is 4.90 Å². The van der Waals surface area contributed by atoms with Crippen molar-refractivity contribution in [1.29, 1.82) is 0 Å². The van der Waals surface area contributed by atoms with E-state index in [0.717, 1.165) is 0 Å². The molecular weight excluding hydrogens is 234 g/mol. The van der Waals surface area contributed by atoms with E-state index in [0.29, 0.717) is 13.0 Å². The number of likely N-dealkylation sites (tertiary alicyclic amines) is 1. The molecule has 1 fully saturated rings. The summed E-state index contributed by atoms with van der Waals surface area (Å²) in [5.41, 5.74) is -0.521. The van der Waals surface area contributed by atoms with Crippen LogP contribution in [0.4, 0.5) is 4.79 Å². The molecule has 0 aromatic heterocycles. The molecule has 1 unspecified atom stereocenters. The molecule has 1 amide bonds. The van der Waals surface area contributed by atoms with Gasteiger partial charge in [0.2, 0.25) is 0 Å². The van der Waals surface area contributed by atoms with Gasteiger partial charge in [0.25, 0.3) is 0 Å². The average molecular weight is 257 g/mol. The smallest absolute Gasteiger partial charge is 0.410 e. The van der Waals surface area contributed by atoms with Crippen LogP contribution < -0.4 is 0 Å². The second-order valence-electron chi connectivity index (χ2n) is 5.82. The minimum Gasteiger partial charge on any atom is -0.444 e. The average Bonchev–Trinajstić information content (AvgIpc) is 2.17. The van der Waals surface area contributed by atoms with Gasteiger partial charge in [-0.15, -0.1) is 0 Å². The lowest BCUT2D eigenvalue weighted by atomic mass is 10.1. The normalized spacial score (nSPS) is 21.3. The van der Waals surface area contributed by atoms with Crippen molar-refractivity contribution in [2.24, 2.45) is 0 Å². The van der Waals surface area contributed by atoms with Gasteiger partial charge in [-0.1, -0.05) is 0 Å². The summed E-state index contributed by atoms with van der Waals surface area (Å²) < 4.78 is 10.8. The zero-order chi connectivity index (χ0) is 13.9. The Morgan fingerprint density at radius 3 is 2.50 bits per heavy atom. The van der Waals surface area contributed by atoms with Crippen LogP contribution in [0.3, 0.4) is 0 Å². The molecule has 0 aromatic rings. The fourth-order valence-electron chi connectivity index (χ4n) is 1.74. The van der Waals surface area contributed by atoms with Gasteiger partial charge < -0.3 is 14.4 Å². The van der Waals surface area contributed by atoms with Gasteiger partial charge in [-0.05, 0) is 34.6 Å². The zero-order valence-electron chi connectivity index (χ0n) is 11.9. The lowest BCUT2D eigenvalue weighted by molar-refractivity contribution is -0.138. The highest BCUT2D eigenvalue weighted by atomic mass is 16.6. The minimum atomic E-state index is -0.522. The first-order valence-electron chi connectivity index (χ1n) is 6.35. The maximum atomic E-state index is 11.9. The zero-order valence-corrected chi connectivity index (χ0v) is 11.9. The molecule has 0 spiro atoms. The van der Waals surface area contributed by atoms with Crippen LogP contribution in [0.1, 0.15) is 41.0 Å². The molecule has 0 N–H and O–H groups in total. The van der Waals surface area contributed by atoms with Gasteiger partial charge in [0.1, 0.15) is 11.7 Å². The highest BCUT2D eigenvalue weighted by molar-refractivity contribution is 5.86. The molecule has 0 saturated carbocycles. The molecule has 5 heteroatoms. The quantitative estimate of drug-likeness (QED) is 0.759.